The van der Waals surface area contributed by atoms with E-state index in [0.29, 0.717) is 38.1 Å². The van der Waals surface area contributed by atoms with Gasteiger partial charge in [0, 0.05) is 24.9 Å². The first kappa shape index (κ1) is 18.7. The molecule has 2 rings (SSSR count). The number of carboxylic acid groups (broad SMARTS) is 1. The van der Waals surface area contributed by atoms with E-state index >= 15 is 0 Å². The van der Waals surface area contributed by atoms with Crippen molar-refractivity contribution in [2.45, 2.75) is 39.5 Å². The van der Waals surface area contributed by atoms with E-state index in [4.69, 9.17) is 9.52 Å². The zero-order valence-electron chi connectivity index (χ0n) is 14.6. The first-order valence-electron chi connectivity index (χ1n) is 8.39. The number of aryl methyl sites for hydroxylation is 1. The summed E-state index contributed by atoms with van der Waals surface area (Å²) in [7, 11) is 0. The quantitative estimate of drug-likeness (QED) is 0.728. The Kier molecular flexibility index (Phi) is 6.33. The van der Waals surface area contributed by atoms with Crippen LogP contribution >= 0.6 is 0 Å². The molecule has 0 unspecified atom stereocenters. The number of amides is 1. The predicted octanol–water partition coefficient (Wildman–Crippen LogP) is 3.28. The summed E-state index contributed by atoms with van der Waals surface area (Å²) in [5, 5.41) is 11.8. The Hall–Kier alpha value is -2.63. The maximum absolute atomic E-state index is 11.8. The van der Waals surface area contributed by atoms with Crippen LogP contribution in [0.2, 0.25) is 0 Å². The molecule has 0 atom stereocenters. The summed E-state index contributed by atoms with van der Waals surface area (Å²) in [6.45, 7) is 3.65. The van der Waals surface area contributed by atoms with Gasteiger partial charge in [0.15, 0.2) is 11.7 Å². The van der Waals surface area contributed by atoms with E-state index < -0.39 is 11.4 Å². The molecular formula is C19H24N2O4. The van der Waals surface area contributed by atoms with Crippen molar-refractivity contribution in [2.24, 2.45) is 5.41 Å². The molecule has 1 aromatic carbocycles. The molecule has 2 N–H and O–H groups in total. The zero-order valence-corrected chi connectivity index (χ0v) is 14.6. The van der Waals surface area contributed by atoms with Crippen LogP contribution in [0.1, 0.15) is 39.0 Å². The van der Waals surface area contributed by atoms with E-state index in [1.165, 1.54) is 0 Å². The van der Waals surface area contributed by atoms with Gasteiger partial charge < -0.3 is 14.8 Å². The molecule has 0 aliphatic heterocycles. The fourth-order valence-corrected chi connectivity index (χ4v) is 2.27. The van der Waals surface area contributed by atoms with Crippen LogP contribution in [0.3, 0.4) is 0 Å². The minimum Gasteiger partial charge on any atom is -0.481 e. The second-order valence-corrected chi connectivity index (χ2v) is 6.63. The van der Waals surface area contributed by atoms with Gasteiger partial charge in [-0.25, -0.2) is 4.98 Å². The first-order valence-corrected chi connectivity index (χ1v) is 8.39. The lowest BCUT2D eigenvalue weighted by atomic mass is 9.90. The lowest BCUT2D eigenvalue weighted by Gasteiger charge is -2.18. The molecule has 0 bridgehead atoms. The van der Waals surface area contributed by atoms with Gasteiger partial charge in [0.1, 0.15) is 0 Å². The molecule has 6 nitrogen and oxygen atoms in total. The Morgan fingerprint density at radius 2 is 1.96 bits per heavy atom. The number of carboxylic acids is 1. The second kappa shape index (κ2) is 8.46. The minimum atomic E-state index is -0.861. The highest BCUT2D eigenvalue weighted by Gasteiger charge is 2.26. The van der Waals surface area contributed by atoms with Crippen molar-refractivity contribution in [3.8, 4) is 11.3 Å². The molecule has 0 radical (unpaired) electrons. The van der Waals surface area contributed by atoms with Gasteiger partial charge in [-0.05, 0) is 26.7 Å². The topological polar surface area (TPSA) is 92.4 Å². The molecule has 1 amide bonds. The Labute approximate surface area is 147 Å². The molecule has 25 heavy (non-hydrogen) atoms. The Balaban J connectivity index is 1.70. The van der Waals surface area contributed by atoms with Gasteiger partial charge >= 0.3 is 5.97 Å². The number of carbonyl (C=O) groups is 2. The molecule has 2 aromatic rings. The van der Waals surface area contributed by atoms with Gasteiger partial charge in [-0.2, -0.15) is 0 Å². The number of rotatable bonds is 9. The zero-order chi connectivity index (χ0) is 18.3. The van der Waals surface area contributed by atoms with Crippen molar-refractivity contribution in [1.82, 2.24) is 10.3 Å². The van der Waals surface area contributed by atoms with Crippen LogP contribution in [-0.2, 0) is 16.0 Å². The summed E-state index contributed by atoms with van der Waals surface area (Å²) < 4.78 is 5.70. The molecule has 0 saturated carbocycles. The molecule has 6 heteroatoms. The van der Waals surface area contributed by atoms with E-state index in [1.807, 2.05) is 30.3 Å². The fraction of sp³-hybridized carbons (Fsp3) is 0.421. The molecule has 0 spiro atoms. The molecule has 0 aliphatic carbocycles. The van der Waals surface area contributed by atoms with Gasteiger partial charge in [-0.1, -0.05) is 30.3 Å². The van der Waals surface area contributed by atoms with Crippen molar-refractivity contribution in [1.29, 1.82) is 0 Å². The van der Waals surface area contributed by atoms with Crippen molar-refractivity contribution in [3.05, 3.63) is 42.4 Å². The molecule has 0 fully saturated rings. The maximum atomic E-state index is 11.8. The smallest absolute Gasteiger partial charge is 0.309 e. The lowest BCUT2D eigenvalue weighted by Crippen LogP contribution is -2.31. The normalized spacial score (nSPS) is 11.3. The Bertz CT molecular complexity index is 707. The number of oxazole rings is 1. The fourth-order valence-electron chi connectivity index (χ4n) is 2.27. The highest BCUT2D eigenvalue weighted by molar-refractivity contribution is 5.76. The highest BCUT2D eigenvalue weighted by Crippen LogP contribution is 2.21. The Morgan fingerprint density at radius 1 is 1.24 bits per heavy atom. The highest BCUT2D eigenvalue weighted by atomic mass is 16.4. The Morgan fingerprint density at radius 3 is 2.64 bits per heavy atom. The molecule has 1 heterocycles. The number of benzene rings is 1. The van der Waals surface area contributed by atoms with Crippen molar-refractivity contribution in [3.63, 3.8) is 0 Å². The number of carbonyl (C=O) groups excluding carboxylic acids is 1. The largest absolute Gasteiger partial charge is 0.481 e. The van der Waals surface area contributed by atoms with Gasteiger partial charge in [-0.15, -0.1) is 0 Å². The molecule has 1 aromatic heterocycles. The number of aliphatic carboxylic acids is 1. The van der Waals surface area contributed by atoms with Crippen molar-refractivity contribution < 1.29 is 19.1 Å². The van der Waals surface area contributed by atoms with Gasteiger partial charge in [-0.3, -0.25) is 9.59 Å². The summed E-state index contributed by atoms with van der Waals surface area (Å²) in [5.74, 6) is 0.380. The van der Waals surface area contributed by atoms with Crippen LogP contribution in [0.25, 0.3) is 11.3 Å². The van der Waals surface area contributed by atoms with Crippen LogP contribution in [0.4, 0.5) is 0 Å². The summed E-state index contributed by atoms with van der Waals surface area (Å²) in [6.07, 6.45) is 3.66. The summed E-state index contributed by atoms with van der Waals surface area (Å²) in [4.78, 5) is 27.0. The van der Waals surface area contributed by atoms with Crippen LogP contribution < -0.4 is 5.32 Å². The number of nitrogens with zero attached hydrogens (tertiary/aromatic N) is 1. The van der Waals surface area contributed by atoms with Gasteiger partial charge in [0.25, 0.3) is 0 Å². The standard InChI is InChI=1S/C19H24N2O4/c1-19(2,18(23)24)11-12-20-16(22)9-6-10-17-21-13-15(25-17)14-7-4-3-5-8-14/h3-5,7-8,13H,6,9-12H2,1-2H3,(H,20,22)(H,23,24). The minimum absolute atomic E-state index is 0.0870. The summed E-state index contributed by atoms with van der Waals surface area (Å²) in [6, 6.07) is 9.73. The predicted molar refractivity (Wildman–Crippen MR) is 93.9 cm³/mol. The first-order chi connectivity index (χ1) is 11.9. The van der Waals surface area contributed by atoms with Gasteiger partial charge in [0.2, 0.25) is 5.91 Å². The van der Waals surface area contributed by atoms with Crippen molar-refractivity contribution in [2.75, 3.05) is 6.54 Å². The van der Waals surface area contributed by atoms with Crippen LogP contribution in [0, 0.1) is 5.41 Å². The van der Waals surface area contributed by atoms with E-state index in [1.54, 1.807) is 20.0 Å². The number of hydrogen-bond acceptors (Lipinski definition) is 4. The third-order valence-corrected chi connectivity index (χ3v) is 4.06. The van der Waals surface area contributed by atoms with E-state index in [9.17, 15) is 9.59 Å². The third kappa shape index (κ3) is 5.74. The molecule has 134 valence electrons. The van der Waals surface area contributed by atoms with Crippen molar-refractivity contribution >= 4 is 11.9 Å². The average molecular weight is 344 g/mol. The third-order valence-electron chi connectivity index (χ3n) is 4.06. The maximum Gasteiger partial charge on any atom is 0.309 e. The number of aromatic nitrogens is 1. The van der Waals surface area contributed by atoms with Gasteiger partial charge in [0.05, 0.1) is 11.6 Å². The SMILES string of the molecule is CC(C)(CCNC(=O)CCCc1ncc(-c2ccccc2)o1)C(=O)O. The average Bonchev–Trinajstić information content (AvgIpc) is 3.04. The van der Waals surface area contributed by atoms with E-state index in [0.717, 1.165) is 11.3 Å². The summed E-state index contributed by atoms with van der Waals surface area (Å²) in [5.41, 5.74) is 0.138. The monoisotopic (exact) mass is 344 g/mol. The lowest BCUT2D eigenvalue weighted by molar-refractivity contribution is -0.147. The van der Waals surface area contributed by atoms with Crippen LogP contribution in [0.15, 0.2) is 40.9 Å². The van der Waals surface area contributed by atoms with Crippen LogP contribution in [0.5, 0.6) is 0 Å². The van der Waals surface area contributed by atoms with E-state index in [-0.39, 0.29) is 5.91 Å². The molecule has 0 saturated heterocycles. The van der Waals surface area contributed by atoms with E-state index in [2.05, 4.69) is 10.3 Å². The number of nitrogens with one attached hydrogen (secondary N) is 1. The van der Waals surface area contributed by atoms with Crippen LogP contribution in [-0.4, -0.2) is 28.5 Å². The number of hydrogen-bond donors (Lipinski definition) is 2. The molecular weight excluding hydrogens is 320 g/mol. The molecule has 0 aliphatic rings. The summed E-state index contributed by atoms with van der Waals surface area (Å²) >= 11 is 0. The second-order valence-electron chi connectivity index (χ2n) is 6.63.